The normalized spacial score (nSPS) is 11.7. The molecule has 0 saturated carbocycles. The number of hydrogen-bond donors (Lipinski definition) is 2. The molecular formula is C26H27N5OS. The van der Waals surface area contributed by atoms with E-state index in [1.165, 1.54) is 16.7 Å². The number of hydrogen-bond acceptors (Lipinski definition) is 4. The lowest BCUT2D eigenvalue weighted by atomic mass is 10.1. The first-order valence-electron chi connectivity index (χ1n) is 10.8. The first-order chi connectivity index (χ1) is 16.0. The van der Waals surface area contributed by atoms with E-state index in [1.807, 2.05) is 47.9 Å². The van der Waals surface area contributed by atoms with Gasteiger partial charge in [0.25, 0.3) is 0 Å². The lowest BCUT2D eigenvalue weighted by molar-refractivity contribution is 0.249. The van der Waals surface area contributed by atoms with Crippen LogP contribution in [0.25, 0.3) is 5.69 Å². The maximum absolute atomic E-state index is 12.6. The Balaban J connectivity index is 1.58. The number of thioether (sulfide) groups is 1. The van der Waals surface area contributed by atoms with Gasteiger partial charge in [0.15, 0.2) is 11.0 Å². The largest absolute Gasteiger partial charge is 0.328 e. The van der Waals surface area contributed by atoms with Gasteiger partial charge >= 0.3 is 6.03 Å². The lowest BCUT2D eigenvalue weighted by Gasteiger charge is -2.17. The average Bonchev–Trinajstić information content (AvgIpc) is 3.24. The number of para-hydroxylation sites is 1. The number of aromatic nitrogens is 3. The lowest BCUT2D eigenvalue weighted by Crippen LogP contribution is -2.32. The number of anilines is 1. The van der Waals surface area contributed by atoms with Crippen LogP contribution in [0.5, 0.6) is 0 Å². The van der Waals surface area contributed by atoms with Crippen molar-refractivity contribution >= 4 is 23.5 Å². The SMILES string of the molecule is Cc1ccc(-n2c(SCc3ccccc3C)nnc2C(C)NC(=O)Nc2ccccc2)cc1. The summed E-state index contributed by atoms with van der Waals surface area (Å²) < 4.78 is 2.02. The Morgan fingerprint density at radius 3 is 2.36 bits per heavy atom. The molecule has 7 heteroatoms. The highest BCUT2D eigenvalue weighted by Crippen LogP contribution is 2.28. The topological polar surface area (TPSA) is 71.8 Å². The van der Waals surface area contributed by atoms with E-state index in [-0.39, 0.29) is 12.1 Å². The van der Waals surface area contributed by atoms with Crippen molar-refractivity contribution in [3.8, 4) is 5.69 Å². The van der Waals surface area contributed by atoms with Gasteiger partial charge in [0.1, 0.15) is 0 Å². The maximum Gasteiger partial charge on any atom is 0.319 e. The summed E-state index contributed by atoms with van der Waals surface area (Å²) in [5, 5.41) is 15.6. The van der Waals surface area contributed by atoms with E-state index in [0.717, 1.165) is 22.3 Å². The predicted octanol–water partition coefficient (Wildman–Crippen LogP) is 6.06. The van der Waals surface area contributed by atoms with Gasteiger partial charge < -0.3 is 10.6 Å². The summed E-state index contributed by atoms with van der Waals surface area (Å²) >= 11 is 1.63. The molecule has 168 valence electrons. The molecule has 33 heavy (non-hydrogen) atoms. The van der Waals surface area contributed by atoms with Crippen molar-refractivity contribution in [3.63, 3.8) is 0 Å². The Morgan fingerprint density at radius 2 is 1.64 bits per heavy atom. The molecule has 4 aromatic rings. The highest BCUT2D eigenvalue weighted by molar-refractivity contribution is 7.98. The third-order valence-electron chi connectivity index (χ3n) is 5.34. The number of aryl methyl sites for hydroxylation is 2. The monoisotopic (exact) mass is 457 g/mol. The van der Waals surface area contributed by atoms with E-state index in [4.69, 9.17) is 0 Å². The predicted molar refractivity (Wildman–Crippen MR) is 134 cm³/mol. The van der Waals surface area contributed by atoms with E-state index in [2.05, 4.69) is 77.1 Å². The number of benzene rings is 3. The third-order valence-corrected chi connectivity index (χ3v) is 6.31. The molecule has 1 unspecified atom stereocenters. The molecule has 0 bridgehead atoms. The zero-order valence-electron chi connectivity index (χ0n) is 18.9. The van der Waals surface area contributed by atoms with E-state index >= 15 is 0 Å². The Hall–Kier alpha value is -3.58. The van der Waals surface area contributed by atoms with Gasteiger partial charge in [-0.05, 0) is 56.2 Å². The first-order valence-corrected chi connectivity index (χ1v) is 11.8. The second kappa shape index (κ2) is 10.4. The van der Waals surface area contributed by atoms with Gasteiger partial charge in [-0.1, -0.05) is 71.9 Å². The minimum absolute atomic E-state index is 0.290. The first kappa shape index (κ1) is 22.6. The molecule has 6 nitrogen and oxygen atoms in total. The number of carbonyl (C=O) groups excluding carboxylic acids is 1. The third kappa shape index (κ3) is 5.62. The van der Waals surface area contributed by atoms with E-state index in [9.17, 15) is 4.79 Å². The molecule has 2 amide bonds. The fourth-order valence-electron chi connectivity index (χ4n) is 3.46. The molecule has 2 N–H and O–H groups in total. The van der Waals surface area contributed by atoms with Crippen LogP contribution in [0.3, 0.4) is 0 Å². The van der Waals surface area contributed by atoms with E-state index in [1.54, 1.807) is 11.8 Å². The van der Waals surface area contributed by atoms with E-state index in [0.29, 0.717) is 5.82 Å². The van der Waals surface area contributed by atoms with Gasteiger partial charge in [-0.25, -0.2) is 4.79 Å². The molecule has 1 heterocycles. The van der Waals surface area contributed by atoms with Crippen molar-refractivity contribution in [2.45, 2.75) is 37.7 Å². The van der Waals surface area contributed by atoms with Gasteiger partial charge in [0.05, 0.1) is 6.04 Å². The van der Waals surface area contributed by atoms with Gasteiger partial charge in [-0.15, -0.1) is 10.2 Å². The summed E-state index contributed by atoms with van der Waals surface area (Å²) in [6.45, 7) is 6.08. The summed E-state index contributed by atoms with van der Waals surface area (Å²) in [6, 6.07) is 25.3. The quantitative estimate of drug-likeness (QED) is 0.331. The Morgan fingerprint density at radius 1 is 0.939 bits per heavy atom. The average molecular weight is 458 g/mol. The van der Waals surface area contributed by atoms with Crippen molar-refractivity contribution in [2.75, 3.05) is 5.32 Å². The molecule has 4 rings (SSSR count). The molecule has 0 aliphatic carbocycles. The summed E-state index contributed by atoms with van der Waals surface area (Å²) in [4.78, 5) is 12.6. The standard InChI is InChI=1S/C26H27N5OS/c1-18-13-15-23(16-14-18)31-24(20(3)27-25(32)28-22-11-5-4-6-12-22)29-30-26(31)33-17-21-10-8-7-9-19(21)2/h4-16,20H,17H2,1-3H3,(H2,27,28,32). The molecule has 0 saturated heterocycles. The maximum atomic E-state index is 12.6. The molecule has 0 aliphatic rings. The highest BCUT2D eigenvalue weighted by atomic mass is 32.2. The minimum atomic E-state index is -0.352. The van der Waals surface area contributed by atoms with E-state index < -0.39 is 0 Å². The number of rotatable bonds is 7. The zero-order chi connectivity index (χ0) is 23.2. The summed E-state index contributed by atoms with van der Waals surface area (Å²) in [5.41, 5.74) is 5.38. The van der Waals surface area contributed by atoms with Crippen molar-refractivity contribution in [3.05, 3.63) is 101 Å². The second-order valence-corrected chi connectivity index (χ2v) is 8.86. The van der Waals surface area contributed by atoms with Crippen LogP contribution in [0.15, 0.2) is 84.0 Å². The molecule has 3 aromatic carbocycles. The summed E-state index contributed by atoms with van der Waals surface area (Å²) in [7, 11) is 0. The number of amides is 2. The Kier molecular flexibility index (Phi) is 7.10. The molecular weight excluding hydrogens is 430 g/mol. The van der Waals surface area contributed by atoms with Gasteiger partial charge in [-0.2, -0.15) is 0 Å². The van der Waals surface area contributed by atoms with Crippen molar-refractivity contribution < 1.29 is 4.79 Å². The Labute approximate surface area is 198 Å². The zero-order valence-corrected chi connectivity index (χ0v) is 19.8. The number of nitrogens with zero attached hydrogens (tertiary/aromatic N) is 3. The smallest absolute Gasteiger partial charge is 0.319 e. The number of nitrogens with one attached hydrogen (secondary N) is 2. The van der Waals surface area contributed by atoms with Gasteiger partial charge in [0.2, 0.25) is 0 Å². The molecule has 1 atom stereocenters. The summed E-state index contributed by atoms with van der Waals surface area (Å²) in [5.74, 6) is 1.46. The minimum Gasteiger partial charge on any atom is -0.328 e. The van der Waals surface area contributed by atoms with Crippen LogP contribution in [-0.4, -0.2) is 20.8 Å². The molecule has 0 spiro atoms. The molecule has 0 radical (unpaired) electrons. The van der Waals surface area contributed by atoms with Crippen LogP contribution in [0.4, 0.5) is 10.5 Å². The molecule has 0 aliphatic heterocycles. The number of carbonyl (C=O) groups is 1. The van der Waals surface area contributed by atoms with Crippen molar-refractivity contribution in [2.24, 2.45) is 0 Å². The molecule has 1 aromatic heterocycles. The fraction of sp³-hybridized carbons (Fsp3) is 0.192. The van der Waals surface area contributed by atoms with Crippen LogP contribution in [0.2, 0.25) is 0 Å². The molecule has 0 fully saturated rings. The van der Waals surface area contributed by atoms with Crippen molar-refractivity contribution in [1.29, 1.82) is 0 Å². The van der Waals surface area contributed by atoms with Crippen LogP contribution < -0.4 is 10.6 Å². The van der Waals surface area contributed by atoms with Gasteiger partial charge in [-0.3, -0.25) is 4.57 Å². The van der Waals surface area contributed by atoms with Crippen LogP contribution in [0.1, 0.15) is 35.5 Å². The van der Waals surface area contributed by atoms with Gasteiger partial charge in [0, 0.05) is 17.1 Å². The fourth-order valence-corrected chi connectivity index (χ4v) is 4.49. The highest BCUT2D eigenvalue weighted by Gasteiger charge is 2.21. The van der Waals surface area contributed by atoms with Crippen LogP contribution >= 0.6 is 11.8 Å². The number of urea groups is 1. The van der Waals surface area contributed by atoms with Crippen LogP contribution in [0, 0.1) is 13.8 Å². The Bertz CT molecular complexity index is 1220. The second-order valence-electron chi connectivity index (χ2n) is 7.91. The van der Waals surface area contributed by atoms with Crippen molar-refractivity contribution in [1.82, 2.24) is 20.1 Å². The van der Waals surface area contributed by atoms with Crippen LogP contribution in [-0.2, 0) is 5.75 Å². The summed E-state index contributed by atoms with van der Waals surface area (Å²) in [6.07, 6.45) is 0.